The van der Waals surface area contributed by atoms with E-state index in [1.165, 1.54) is 24.3 Å². The van der Waals surface area contributed by atoms with E-state index in [-0.39, 0.29) is 44.3 Å². The maximum absolute atomic E-state index is 13.2. The maximum Gasteiger partial charge on any atom is 0.346 e. The molecule has 0 fully saturated rings. The van der Waals surface area contributed by atoms with Crippen LogP contribution in [0, 0.1) is 27.2 Å². The molecule has 0 aliphatic carbocycles. The number of nitrogens with two attached hydrogens (primary N) is 2. The molecule has 0 saturated heterocycles. The van der Waals surface area contributed by atoms with E-state index in [1.54, 1.807) is 25.1 Å². The van der Waals surface area contributed by atoms with Crippen molar-refractivity contribution in [3.05, 3.63) is 120 Å². The molecule has 0 unspecified atom stereocenters. The standard InChI is InChI=1S/C20H15N3O4.C12H4N2O7/c1-9-2-3-10(20(26)27)6-16(9)23-18(24)14-7-12(21)4-11-5-13(22)8-15(17(11)14)19(23)25;15-11-8-3-6(13(17)18)1-5-2-7(14(19)20)4-9(10(5)8)12(16)21-11/h2-8H,21-22H2,1H3,(H,26,27);1-4H. The lowest BCUT2D eigenvalue weighted by Gasteiger charge is -2.29. The van der Waals surface area contributed by atoms with Crippen molar-refractivity contribution in [1.82, 2.24) is 0 Å². The molecule has 16 nitrogen and oxygen atoms in total. The van der Waals surface area contributed by atoms with Gasteiger partial charge < -0.3 is 21.3 Å². The molecule has 5 aromatic carbocycles. The van der Waals surface area contributed by atoms with Crippen molar-refractivity contribution in [2.24, 2.45) is 0 Å². The first-order valence-corrected chi connectivity index (χ1v) is 13.7. The molecule has 7 rings (SSSR count). The normalized spacial score (nSPS) is 13.2. The van der Waals surface area contributed by atoms with Crippen molar-refractivity contribution in [2.45, 2.75) is 6.92 Å². The fraction of sp³-hybridized carbons (Fsp3) is 0.0312. The molecule has 0 atom stereocenters. The third kappa shape index (κ3) is 4.94. The zero-order valence-corrected chi connectivity index (χ0v) is 24.4. The van der Waals surface area contributed by atoms with E-state index in [2.05, 4.69) is 4.74 Å². The number of imide groups is 1. The topological polar surface area (TPSA) is 256 Å². The van der Waals surface area contributed by atoms with Crippen LogP contribution < -0.4 is 16.4 Å². The van der Waals surface area contributed by atoms with Crippen LogP contribution in [0.1, 0.15) is 57.4 Å². The number of nitrogens with zero attached hydrogens (tertiary/aromatic N) is 3. The number of aryl methyl sites for hydroxylation is 1. The first kappa shape index (κ1) is 30.8. The Labute approximate surface area is 267 Å². The smallest absolute Gasteiger partial charge is 0.346 e. The maximum atomic E-state index is 13.2. The van der Waals surface area contributed by atoms with Gasteiger partial charge in [-0.25, -0.2) is 19.3 Å². The molecule has 0 radical (unpaired) electrons. The first-order valence-electron chi connectivity index (χ1n) is 13.7. The van der Waals surface area contributed by atoms with Crippen LogP contribution in [0.5, 0.6) is 0 Å². The number of non-ortho nitro benzene ring substituents is 2. The first-order chi connectivity index (χ1) is 22.7. The summed E-state index contributed by atoms with van der Waals surface area (Å²) >= 11 is 0. The molecule has 2 aliphatic heterocycles. The average molecular weight is 650 g/mol. The van der Waals surface area contributed by atoms with Crippen LogP contribution in [0.4, 0.5) is 28.4 Å². The second kappa shape index (κ2) is 11.0. The van der Waals surface area contributed by atoms with Crippen LogP contribution in [0.3, 0.4) is 0 Å². The lowest BCUT2D eigenvalue weighted by atomic mass is 9.92. The van der Waals surface area contributed by atoms with Gasteiger partial charge in [-0.3, -0.25) is 29.8 Å². The van der Waals surface area contributed by atoms with Crippen molar-refractivity contribution in [3.8, 4) is 0 Å². The third-order valence-corrected chi connectivity index (χ3v) is 7.72. The Morgan fingerprint density at radius 2 is 1.17 bits per heavy atom. The molecule has 0 spiro atoms. The summed E-state index contributed by atoms with van der Waals surface area (Å²) in [7, 11) is 0. The van der Waals surface area contributed by atoms with E-state index >= 15 is 0 Å². The van der Waals surface area contributed by atoms with Gasteiger partial charge in [0.05, 0.1) is 43.4 Å². The Morgan fingerprint density at radius 3 is 1.62 bits per heavy atom. The number of ether oxygens (including phenoxy) is 1. The van der Waals surface area contributed by atoms with Gasteiger partial charge in [0.25, 0.3) is 23.2 Å². The molecule has 48 heavy (non-hydrogen) atoms. The number of hydrogen-bond acceptors (Lipinski definition) is 12. The average Bonchev–Trinajstić information content (AvgIpc) is 3.02. The summed E-state index contributed by atoms with van der Waals surface area (Å²) in [6, 6.07) is 14.7. The van der Waals surface area contributed by atoms with E-state index in [9.17, 15) is 49.3 Å². The number of aromatic carboxylic acids is 1. The Balaban J connectivity index is 0.000000173. The highest BCUT2D eigenvalue weighted by molar-refractivity contribution is 6.36. The fourth-order valence-corrected chi connectivity index (χ4v) is 5.65. The Kier molecular flexibility index (Phi) is 7.04. The molecule has 5 aromatic rings. The number of esters is 2. The second-order valence-electron chi connectivity index (χ2n) is 10.8. The molecular formula is C32H19N5O11. The zero-order chi connectivity index (χ0) is 34.8. The van der Waals surface area contributed by atoms with Crippen LogP contribution in [-0.4, -0.2) is 44.7 Å². The van der Waals surface area contributed by atoms with Gasteiger partial charge >= 0.3 is 17.9 Å². The predicted octanol–water partition coefficient (Wildman–Crippen LogP) is 4.78. The van der Waals surface area contributed by atoms with Gasteiger partial charge in [-0.15, -0.1) is 0 Å². The molecule has 0 saturated carbocycles. The van der Waals surface area contributed by atoms with Gasteiger partial charge in [0.2, 0.25) is 0 Å². The van der Waals surface area contributed by atoms with Gasteiger partial charge in [-0.2, -0.15) is 0 Å². The highest BCUT2D eigenvalue weighted by atomic mass is 16.6. The number of nitro groups is 2. The highest BCUT2D eigenvalue weighted by Crippen LogP contribution is 2.38. The summed E-state index contributed by atoms with van der Waals surface area (Å²) in [5.74, 6) is -4.30. The Bertz CT molecular complexity index is 2260. The van der Waals surface area contributed by atoms with Gasteiger partial charge in [-0.05, 0) is 59.7 Å². The lowest BCUT2D eigenvalue weighted by molar-refractivity contribution is -0.385. The van der Waals surface area contributed by atoms with Gasteiger partial charge in [0.15, 0.2) is 0 Å². The van der Waals surface area contributed by atoms with Crippen molar-refractivity contribution in [3.63, 3.8) is 0 Å². The van der Waals surface area contributed by atoms with E-state index in [0.29, 0.717) is 27.7 Å². The number of carbonyl (C=O) groups excluding carboxylic acids is 4. The minimum atomic E-state index is -1.15. The second-order valence-corrected chi connectivity index (χ2v) is 10.8. The number of amides is 2. The number of benzene rings is 5. The SMILES string of the molecule is Cc1ccc(C(=O)O)cc1N1C(=O)c2cc(N)cc3cc(N)cc(c23)C1=O.O=C1OC(=O)c2cc([N+](=O)[O-])cc3cc([N+](=O)[O-])cc1c23. The number of hydrogen-bond donors (Lipinski definition) is 3. The summed E-state index contributed by atoms with van der Waals surface area (Å²) < 4.78 is 4.45. The molecule has 2 aliphatic rings. The Morgan fingerprint density at radius 1 is 0.708 bits per heavy atom. The highest BCUT2D eigenvalue weighted by Gasteiger charge is 2.36. The zero-order valence-electron chi connectivity index (χ0n) is 24.4. The van der Waals surface area contributed by atoms with Gasteiger partial charge in [-0.1, -0.05) is 6.07 Å². The van der Waals surface area contributed by atoms with Gasteiger partial charge in [0.1, 0.15) is 0 Å². The lowest BCUT2D eigenvalue weighted by Crippen LogP contribution is -2.41. The largest absolute Gasteiger partial charge is 0.478 e. The summed E-state index contributed by atoms with van der Waals surface area (Å²) in [6.45, 7) is 1.70. The number of anilines is 3. The van der Waals surface area contributed by atoms with Crippen LogP contribution in [-0.2, 0) is 4.74 Å². The van der Waals surface area contributed by atoms with Crippen LogP contribution in [0.15, 0.2) is 66.7 Å². The number of carboxylic acids is 1. The molecule has 238 valence electrons. The number of nitro benzene ring substituents is 2. The van der Waals surface area contributed by atoms with E-state index < -0.39 is 50.9 Å². The summed E-state index contributed by atoms with van der Waals surface area (Å²) in [5, 5.41) is 32.3. The summed E-state index contributed by atoms with van der Waals surface area (Å²) in [5.41, 5.74) is 12.8. The monoisotopic (exact) mass is 649 g/mol. The van der Waals surface area contributed by atoms with Gasteiger partial charge in [0, 0.05) is 46.4 Å². The molecule has 16 heteroatoms. The third-order valence-electron chi connectivity index (χ3n) is 7.72. The van der Waals surface area contributed by atoms with Crippen LogP contribution in [0.2, 0.25) is 0 Å². The van der Waals surface area contributed by atoms with Crippen molar-refractivity contribution in [2.75, 3.05) is 16.4 Å². The van der Waals surface area contributed by atoms with Crippen molar-refractivity contribution in [1.29, 1.82) is 0 Å². The number of carboxylic acid groups (broad SMARTS) is 1. The Hall–Kier alpha value is -7.23. The fourth-order valence-electron chi connectivity index (χ4n) is 5.65. The molecule has 0 aromatic heterocycles. The number of rotatable bonds is 4. The number of nitrogen functional groups attached to an aromatic ring is 2. The van der Waals surface area contributed by atoms with Crippen molar-refractivity contribution < 1.29 is 43.7 Å². The molecule has 0 bridgehead atoms. The van der Waals surface area contributed by atoms with Crippen molar-refractivity contribution >= 4 is 79.7 Å². The van der Waals surface area contributed by atoms with E-state index in [0.717, 1.165) is 29.2 Å². The van der Waals surface area contributed by atoms with Crippen LogP contribution in [0.25, 0.3) is 21.5 Å². The minimum Gasteiger partial charge on any atom is -0.478 e. The number of cyclic esters (lactones) is 2. The molecular weight excluding hydrogens is 630 g/mol. The van der Waals surface area contributed by atoms with E-state index in [4.69, 9.17) is 11.5 Å². The minimum absolute atomic E-state index is 0.0210. The quantitative estimate of drug-likeness (QED) is 0.0592. The van der Waals surface area contributed by atoms with Crippen LogP contribution >= 0.6 is 0 Å². The van der Waals surface area contributed by atoms with E-state index in [1.807, 2.05) is 0 Å². The predicted molar refractivity (Wildman–Crippen MR) is 169 cm³/mol. The number of carbonyl (C=O) groups is 5. The summed E-state index contributed by atoms with van der Waals surface area (Å²) in [6.07, 6.45) is 0. The molecule has 5 N–H and O–H groups in total. The molecule has 2 heterocycles. The molecule has 2 amide bonds. The summed E-state index contributed by atoms with van der Waals surface area (Å²) in [4.78, 5) is 82.2.